The molecule has 4 nitrogen and oxygen atoms in total. The van der Waals surface area contributed by atoms with E-state index in [4.69, 9.17) is 4.74 Å². The lowest BCUT2D eigenvalue weighted by Crippen LogP contribution is -2.35. The summed E-state index contributed by atoms with van der Waals surface area (Å²) in [4.78, 5) is 10.9. The van der Waals surface area contributed by atoms with Gasteiger partial charge in [-0.2, -0.15) is 0 Å². The fourth-order valence-corrected chi connectivity index (χ4v) is 1.27. The summed E-state index contributed by atoms with van der Waals surface area (Å²) in [6.07, 6.45) is 1.10. The van der Waals surface area contributed by atoms with Crippen LogP contribution in [0.5, 0.6) is 0 Å². The summed E-state index contributed by atoms with van der Waals surface area (Å²) in [7, 11) is 0. The number of carbonyl (C=O) groups is 1. The van der Waals surface area contributed by atoms with Crippen LogP contribution in [-0.4, -0.2) is 38.3 Å². The number of ether oxygens (including phenoxy) is 1. The normalized spacial score (nSPS) is 22.6. The van der Waals surface area contributed by atoms with Gasteiger partial charge in [-0.3, -0.25) is 4.79 Å². The second-order valence-corrected chi connectivity index (χ2v) is 2.88. The number of rotatable bonds is 4. The average Bonchev–Trinajstić information content (AvgIpc) is 2.53. The third kappa shape index (κ3) is 3.19. The van der Waals surface area contributed by atoms with E-state index in [1.807, 2.05) is 6.92 Å². The Morgan fingerprint density at radius 3 is 3.17 bits per heavy atom. The molecule has 0 radical (unpaired) electrons. The van der Waals surface area contributed by atoms with Crippen LogP contribution in [0.2, 0.25) is 0 Å². The molecule has 1 aliphatic rings. The molecule has 0 aromatic rings. The fourth-order valence-electron chi connectivity index (χ4n) is 1.27. The minimum atomic E-state index is -0.163. The van der Waals surface area contributed by atoms with Crippen molar-refractivity contribution in [1.82, 2.24) is 10.6 Å². The van der Waals surface area contributed by atoms with E-state index in [-0.39, 0.29) is 5.97 Å². The first-order valence-electron chi connectivity index (χ1n) is 4.42. The minimum Gasteiger partial charge on any atom is -0.465 e. The Hall–Kier alpha value is -0.610. The smallest absolute Gasteiger partial charge is 0.319 e. The highest BCUT2D eigenvalue weighted by atomic mass is 16.5. The van der Waals surface area contributed by atoms with E-state index in [9.17, 15) is 4.79 Å². The van der Waals surface area contributed by atoms with Crippen LogP contribution >= 0.6 is 0 Å². The van der Waals surface area contributed by atoms with Crippen LogP contribution in [0.4, 0.5) is 0 Å². The molecule has 0 amide bonds. The van der Waals surface area contributed by atoms with Gasteiger partial charge in [-0.1, -0.05) is 0 Å². The van der Waals surface area contributed by atoms with Crippen LogP contribution in [0.3, 0.4) is 0 Å². The molecule has 2 N–H and O–H groups in total. The molecule has 4 heteroatoms. The lowest BCUT2D eigenvalue weighted by molar-refractivity contribution is -0.142. The van der Waals surface area contributed by atoms with Crippen molar-refractivity contribution in [3.8, 4) is 0 Å². The van der Waals surface area contributed by atoms with Gasteiger partial charge in [0.15, 0.2) is 0 Å². The van der Waals surface area contributed by atoms with Crippen molar-refractivity contribution in [3.63, 3.8) is 0 Å². The summed E-state index contributed by atoms with van der Waals surface area (Å²) in [6, 6.07) is 0.439. The van der Waals surface area contributed by atoms with E-state index < -0.39 is 0 Å². The molecule has 0 saturated carbocycles. The molecule has 0 aromatic heterocycles. The lowest BCUT2D eigenvalue weighted by Gasteiger charge is -2.09. The van der Waals surface area contributed by atoms with Crippen molar-refractivity contribution in [2.45, 2.75) is 19.4 Å². The van der Waals surface area contributed by atoms with E-state index in [1.165, 1.54) is 0 Å². The first-order valence-corrected chi connectivity index (χ1v) is 4.42. The average molecular weight is 172 g/mol. The molecule has 0 aromatic carbocycles. The molecule has 0 aliphatic carbocycles. The van der Waals surface area contributed by atoms with Gasteiger partial charge in [-0.25, -0.2) is 0 Å². The molecule has 0 bridgehead atoms. The van der Waals surface area contributed by atoms with E-state index >= 15 is 0 Å². The molecule has 0 spiro atoms. The van der Waals surface area contributed by atoms with Gasteiger partial charge in [0.05, 0.1) is 13.2 Å². The van der Waals surface area contributed by atoms with Crippen LogP contribution in [0.15, 0.2) is 0 Å². The third-order valence-corrected chi connectivity index (χ3v) is 1.90. The zero-order chi connectivity index (χ0) is 8.81. The van der Waals surface area contributed by atoms with Crippen molar-refractivity contribution in [1.29, 1.82) is 0 Å². The molecule has 12 heavy (non-hydrogen) atoms. The van der Waals surface area contributed by atoms with Gasteiger partial charge in [0.25, 0.3) is 0 Å². The van der Waals surface area contributed by atoms with Crippen molar-refractivity contribution in [2.24, 2.45) is 0 Å². The highest BCUT2D eigenvalue weighted by molar-refractivity contribution is 5.71. The number of hydrogen-bond donors (Lipinski definition) is 2. The van der Waals surface area contributed by atoms with Crippen molar-refractivity contribution in [3.05, 3.63) is 0 Å². The van der Waals surface area contributed by atoms with E-state index in [0.29, 0.717) is 19.2 Å². The van der Waals surface area contributed by atoms with E-state index in [1.54, 1.807) is 0 Å². The molecule has 1 aliphatic heterocycles. The van der Waals surface area contributed by atoms with Gasteiger partial charge in [0, 0.05) is 12.6 Å². The van der Waals surface area contributed by atoms with Crippen LogP contribution in [-0.2, 0) is 9.53 Å². The van der Waals surface area contributed by atoms with Gasteiger partial charge in [-0.05, 0) is 19.9 Å². The molecule has 1 heterocycles. The lowest BCUT2D eigenvalue weighted by atomic mass is 10.3. The molecule has 1 rings (SSSR count). The number of esters is 1. The first-order chi connectivity index (χ1) is 5.83. The van der Waals surface area contributed by atoms with Gasteiger partial charge in [-0.15, -0.1) is 0 Å². The van der Waals surface area contributed by atoms with Crippen LogP contribution in [0.25, 0.3) is 0 Å². The number of hydrogen-bond acceptors (Lipinski definition) is 4. The maximum Gasteiger partial charge on any atom is 0.319 e. The Kier molecular flexibility index (Phi) is 4.04. The molecule has 0 unspecified atom stereocenters. The van der Waals surface area contributed by atoms with Crippen molar-refractivity contribution in [2.75, 3.05) is 26.2 Å². The van der Waals surface area contributed by atoms with Crippen LogP contribution < -0.4 is 10.6 Å². The molecular weight excluding hydrogens is 156 g/mol. The van der Waals surface area contributed by atoms with E-state index in [2.05, 4.69) is 10.6 Å². The molecular formula is C8H16N2O2. The van der Waals surface area contributed by atoms with E-state index in [0.717, 1.165) is 19.5 Å². The van der Waals surface area contributed by atoms with Gasteiger partial charge in [0.2, 0.25) is 0 Å². The highest BCUT2D eigenvalue weighted by Crippen LogP contribution is 1.95. The maximum atomic E-state index is 10.9. The summed E-state index contributed by atoms with van der Waals surface area (Å²) in [5.41, 5.74) is 0. The fraction of sp³-hybridized carbons (Fsp3) is 0.875. The SMILES string of the molecule is CCOC(=O)CN[C@@H]1CCNC1. The Bertz CT molecular complexity index is 144. The molecule has 1 saturated heterocycles. The third-order valence-electron chi connectivity index (χ3n) is 1.90. The predicted octanol–water partition coefficient (Wildman–Crippen LogP) is -0.499. The summed E-state index contributed by atoms with van der Waals surface area (Å²) in [5.74, 6) is -0.163. The monoisotopic (exact) mass is 172 g/mol. The number of carbonyl (C=O) groups excluding carboxylic acids is 1. The maximum absolute atomic E-state index is 10.9. The molecule has 1 fully saturated rings. The van der Waals surface area contributed by atoms with Crippen LogP contribution in [0.1, 0.15) is 13.3 Å². The Morgan fingerprint density at radius 1 is 1.75 bits per heavy atom. The van der Waals surface area contributed by atoms with Crippen LogP contribution in [0, 0.1) is 0 Å². The Balaban J connectivity index is 2.03. The Morgan fingerprint density at radius 2 is 2.58 bits per heavy atom. The van der Waals surface area contributed by atoms with Gasteiger partial charge < -0.3 is 15.4 Å². The summed E-state index contributed by atoms with van der Waals surface area (Å²) >= 11 is 0. The van der Waals surface area contributed by atoms with Gasteiger partial charge in [0.1, 0.15) is 0 Å². The predicted molar refractivity (Wildman–Crippen MR) is 45.9 cm³/mol. The second-order valence-electron chi connectivity index (χ2n) is 2.88. The zero-order valence-electron chi connectivity index (χ0n) is 7.43. The quantitative estimate of drug-likeness (QED) is 0.561. The highest BCUT2D eigenvalue weighted by Gasteiger charge is 2.14. The number of nitrogens with one attached hydrogen (secondary N) is 2. The summed E-state index contributed by atoms with van der Waals surface area (Å²) < 4.78 is 4.78. The van der Waals surface area contributed by atoms with Crippen molar-refractivity contribution >= 4 is 5.97 Å². The summed E-state index contributed by atoms with van der Waals surface area (Å²) in [5, 5.41) is 6.34. The minimum absolute atomic E-state index is 0.163. The van der Waals surface area contributed by atoms with Gasteiger partial charge >= 0.3 is 5.97 Å². The largest absolute Gasteiger partial charge is 0.465 e. The van der Waals surface area contributed by atoms with Crippen molar-refractivity contribution < 1.29 is 9.53 Å². The Labute approximate surface area is 72.7 Å². The first kappa shape index (κ1) is 9.48. The molecule has 70 valence electrons. The second kappa shape index (κ2) is 5.11. The summed E-state index contributed by atoms with van der Waals surface area (Å²) in [6.45, 7) is 4.61. The zero-order valence-corrected chi connectivity index (χ0v) is 7.43. The molecule has 1 atom stereocenters. The topological polar surface area (TPSA) is 50.4 Å². The standard InChI is InChI=1S/C8H16N2O2/c1-2-12-8(11)6-10-7-3-4-9-5-7/h7,9-10H,2-6H2,1H3/t7-/m1/s1.